The Balaban J connectivity index is 1.50. The summed E-state index contributed by atoms with van der Waals surface area (Å²) >= 11 is 0.902. The summed E-state index contributed by atoms with van der Waals surface area (Å²) in [5.41, 5.74) is -6.99. The number of alkyl halides is 2. The molecule has 9 atom stereocenters. The molecule has 0 bridgehead atoms. The van der Waals surface area contributed by atoms with Crippen LogP contribution in [0.2, 0.25) is 0 Å². The number of carbonyl (C=O) groups is 4. The molecule has 1 aromatic rings. The lowest BCUT2D eigenvalue weighted by molar-refractivity contribution is -0.221. The fourth-order valence-electron chi connectivity index (χ4n) is 8.47. The number of aliphatic hydroxyl groups is 1. The van der Waals surface area contributed by atoms with Gasteiger partial charge in [0, 0.05) is 28.4 Å². The van der Waals surface area contributed by atoms with Crippen LogP contribution in [-0.4, -0.2) is 63.8 Å². The second-order valence-electron chi connectivity index (χ2n) is 13.5. The van der Waals surface area contributed by atoms with Gasteiger partial charge in [0.25, 0.3) is 0 Å². The van der Waals surface area contributed by atoms with E-state index in [4.69, 9.17) is 13.9 Å². The maximum atomic E-state index is 17.7. The molecule has 3 fully saturated rings. The highest BCUT2D eigenvalue weighted by molar-refractivity contribution is 8.14. The van der Waals surface area contributed by atoms with Crippen LogP contribution in [0.3, 0.4) is 0 Å². The lowest BCUT2D eigenvalue weighted by Crippen LogP contribution is -2.70. The summed E-state index contributed by atoms with van der Waals surface area (Å²) in [6.07, 6.45) is 4.71. The van der Waals surface area contributed by atoms with Crippen LogP contribution >= 0.6 is 11.8 Å². The van der Waals surface area contributed by atoms with Crippen LogP contribution in [0.4, 0.5) is 8.78 Å². The molecule has 0 amide bonds. The number of aliphatic hydroxyl groups excluding tert-OH is 1. The molecule has 1 N–H and O–H groups in total. The number of hydrogen-bond donors (Lipinski definition) is 1. The molecular formula is C34H40F2O8S. The van der Waals surface area contributed by atoms with E-state index in [1.807, 2.05) is 0 Å². The number of ether oxygens (including phenoxy) is 2. The van der Waals surface area contributed by atoms with Gasteiger partial charge < -0.3 is 19.0 Å². The topological polar surface area (TPSA) is 120 Å². The summed E-state index contributed by atoms with van der Waals surface area (Å²) in [4.78, 5) is 51.6. The van der Waals surface area contributed by atoms with E-state index >= 15 is 8.78 Å². The fraction of sp³-hybridized carbons (Fsp3) is 0.588. The van der Waals surface area contributed by atoms with Crippen LogP contribution < -0.4 is 0 Å². The number of hydrogen-bond acceptors (Lipinski definition) is 9. The number of furan rings is 1. The summed E-state index contributed by atoms with van der Waals surface area (Å²) in [6, 6.07) is 2.93. The predicted molar refractivity (Wildman–Crippen MR) is 162 cm³/mol. The predicted octanol–water partition coefficient (Wildman–Crippen LogP) is 5.76. The second kappa shape index (κ2) is 12.0. The van der Waals surface area contributed by atoms with E-state index in [0.29, 0.717) is 0 Å². The molecule has 4 aliphatic carbocycles. The molecule has 0 spiro atoms. The molecule has 11 heteroatoms. The Kier molecular flexibility index (Phi) is 8.85. The van der Waals surface area contributed by atoms with E-state index in [1.54, 1.807) is 39.8 Å². The Bertz CT molecular complexity index is 1450. The van der Waals surface area contributed by atoms with E-state index in [9.17, 15) is 24.3 Å². The monoisotopic (exact) mass is 646 g/mol. The number of fused-ring (bicyclic) bond motifs is 5. The van der Waals surface area contributed by atoms with Crippen molar-refractivity contribution in [2.45, 2.75) is 77.4 Å². The van der Waals surface area contributed by atoms with Crippen LogP contribution in [0.25, 0.3) is 0 Å². The van der Waals surface area contributed by atoms with Crippen molar-refractivity contribution in [1.29, 1.82) is 0 Å². The van der Waals surface area contributed by atoms with E-state index in [2.05, 4.69) is 0 Å². The molecule has 0 aliphatic heterocycles. The highest BCUT2D eigenvalue weighted by Crippen LogP contribution is 2.72. The van der Waals surface area contributed by atoms with Gasteiger partial charge in [-0.3, -0.25) is 14.4 Å². The summed E-state index contributed by atoms with van der Waals surface area (Å²) < 4.78 is 50.1. The van der Waals surface area contributed by atoms with Gasteiger partial charge in [0.05, 0.1) is 18.3 Å². The Morgan fingerprint density at radius 3 is 2.60 bits per heavy atom. The lowest BCUT2D eigenvalue weighted by Gasteiger charge is -2.63. The summed E-state index contributed by atoms with van der Waals surface area (Å²) in [5, 5.41) is 11.3. The first kappa shape index (κ1) is 33.3. The van der Waals surface area contributed by atoms with Gasteiger partial charge in [-0.2, -0.15) is 0 Å². The molecule has 5 rings (SSSR count). The largest absolute Gasteiger partial charge is 0.461 e. The molecule has 45 heavy (non-hydrogen) atoms. The molecule has 3 saturated carbocycles. The first-order valence-electron chi connectivity index (χ1n) is 15.4. The van der Waals surface area contributed by atoms with E-state index < -0.39 is 69.0 Å². The molecule has 0 aromatic carbocycles. The molecule has 0 radical (unpaired) electrons. The number of halogens is 2. The van der Waals surface area contributed by atoms with Gasteiger partial charge in [-0.15, -0.1) is 0 Å². The minimum absolute atomic E-state index is 0.00968. The zero-order valence-electron chi connectivity index (χ0n) is 26.1. The Labute approximate surface area is 265 Å². The molecule has 1 aromatic heterocycles. The number of ketones is 1. The standard InChI is InChI=1S/C34H40F2O8S/c1-19(2)28(39)43-12-6-7-14-45-30(41)34(44-29(40)26-9-8-13-42-26)20(3)15-22-23-17-25(35)24-16-21(37)10-11-31(24,4)33(23,36)27(38)18-32(22,34)5/h6-11,13,16,19-20,22-23,25,27,38H,12,14-15,17-18H2,1-5H3/b7-6+/t20-,22+,23+,25+,27+,31+,32+,33+,34+/m1/s1. The number of thioether (sulfide) groups is 1. The van der Waals surface area contributed by atoms with Crippen molar-refractivity contribution in [3.05, 3.63) is 60.1 Å². The van der Waals surface area contributed by atoms with Gasteiger partial charge in [-0.05, 0) is 62.0 Å². The molecule has 4 aliphatic rings. The van der Waals surface area contributed by atoms with Crippen molar-refractivity contribution in [2.24, 2.45) is 34.5 Å². The average molecular weight is 647 g/mol. The normalized spacial score (nSPS) is 38.8. The maximum Gasteiger partial charge on any atom is 0.375 e. The van der Waals surface area contributed by atoms with Crippen molar-refractivity contribution in [1.82, 2.24) is 0 Å². The van der Waals surface area contributed by atoms with Crippen molar-refractivity contribution in [3.63, 3.8) is 0 Å². The summed E-state index contributed by atoms with van der Waals surface area (Å²) in [6.45, 7) is 8.47. The van der Waals surface area contributed by atoms with Gasteiger partial charge in [-0.1, -0.05) is 57.7 Å². The van der Waals surface area contributed by atoms with Gasteiger partial charge in [-0.25, -0.2) is 13.6 Å². The van der Waals surface area contributed by atoms with E-state index in [-0.39, 0.29) is 54.8 Å². The highest BCUT2D eigenvalue weighted by atomic mass is 32.2. The first-order valence-corrected chi connectivity index (χ1v) is 16.3. The Hall–Kier alpha value is -3.05. The second-order valence-corrected chi connectivity index (χ2v) is 14.4. The van der Waals surface area contributed by atoms with Crippen molar-refractivity contribution >= 4 is 34.6 Å². The third-order valence-electron chi connectivity index (χ3n) is 10.7. The summed E-state index contributed by atoms with van der Waals surface area (Å²) in [5.74, 6) is -4.19. The van der Waals surface area contributed by atoms with Crippen LogP contribution in [0, 0.1) is 34.5 Å². The first-order chi connectivity index (χ1) is 21.1. The quantitative estimate of drug-likeness (QED) is 0.278. The van der Waals surface area contributed by atoms with Crippen LogP contribution in [0.15, 0.2) is 58.8 Å². The van der Waals surface area contributed by atoms with E-state index in [0.717, 1.165) is 17.8 Å². The molecule has 244 valence electrons. The van der Waals surface area contributed by atoms with Crippen LogP contribution in [0.1, 0.15) is 64.4 Å². The van der Waals surface area contributed by atoms with Crippen LogP contribution in [-0.2, 0) is 23.9 Å². The number of allylic oxidation sites excluding steroid dienone is 4. The van der Waals surface area contributed by atoms with Gasteiger partial charge >= 0.3 is 11.9 Å². The van der Waals surface area contributed by atoms with Crippen molar-refractivity contribution in [2.75, 3.05) is 12.4 Å². The maximum absolute atomic E-state index is 17.7. The molecule has 0 saturated heterocycles. The summed E-state index contributed by atoms with van der Waals surface area (Å²) in [7, 11) is 0. The minimum atomic E-state index is -2.34. The number of rotatable bonds is 8. The third-order valence-corrected chi connectivity index (χ3v) is 11.6. The highest BCUT2D eigenvalue weighted by Gasteiger charge is 2.78. The SMILES string of the molecule is CC(C)C(=O)OC/C=C/CSC(=O)[C@@]1(OC(=O)c2ccco2)[C@H](C)C[C@H]2[C@@H]3C[C@H](F)C4=CC(=O)C=C[C@]4(C)[C@@]3(F)[C@@H](O)C[C@@]21C. The fourth-order valence-corrected chi connectivity index (χ4v) is 9.55. The smallest absolute Gasteiger partial charge is 0.375 e. The minimum Gasteiger partial charge on any atom is -0.461 e. The number of carbonyl (C=O) groups excluding carboxylic acids is 4. The van der Waals surface area contributed by atoms with Crippen LogP contribution in [0.5, 0.6) is 0 Å². The van der Waals surface area contributed by atoms with Gasteiger partial charge in [0.15, 0.2) is 17.1 Å². The molecular weight excluding hydrogens is 606 g/mol. The van der Waals surface area contributed by atoms with Crippen molar-refractivity contribution in [3.8, 4) is 0 Å². The lowest BCUT2D eigenvalue weighted by atomic mass is 9.44. The molecule has 1 heterocycles. The van der Waals surface area contributed by atoms with Gasteiger partial charge in [0.2, 0.25) is 10.9 Å². The van der Waals surface area contributed by atoms with E-state index in [1.165, 1.54) is 37.5 Å². The Morgan fingerprint density at radius 1 is 1.20 bits per heavy atom. The molecule has 8 nitrogen and oxygen atoms in total. The van der Waals surface area contributed by atoms with Crippen molar-refractivity contribution < 1.29 is 47.0 Å². The Morgan fingerprint density at radius 2 is 1.93 bits per heavy atom. The molecule has 0 unspecified atom stereocenters. The zero-order chi connectivity index (χ0) is 32.9. The van der Waals surface area contributed by atoms with Gasteiger partial charge in [0.1, 0.15) is 12.8 Å². The zero-order valence-corrected chi connectivity index (χ0v) is 26.9. The third kappa shape index (κ3) is 5.05. The number of esters is 2. The average Bonchev–Trinajstić information content (AvgIpc) is 3.60.